The van der Waals surface area contributed by atoms with E-state index in [2.05, 4.69) is 38.1 Å². The third-order valence-electron chi connectivity index (χ3n) is 2.72. The molecule has 0 aromatic heterocycles. The summed E-state index contributed by atoms with van der Waals surface area (Å²) in [5.41, 5.74) is 8.42. The summed E-state index contributed by atoms with van der Waals surface area (Å²) in [4.78, 5) is 0. The van der Waals surface area contributed by atoms with Gasteiger partial charge in [0.1, 0.15) is 0 Å². The predicted octanol–water partition coefficient (Wildman–Crippen LogP) is 3.09. The van der Waals surface area contributed by atoms with Gasteiger partial charge in [0.05, 0.1) is 0 Å². The van der Waals surface area contributed by atoms with Crippen LogP contribution >= 0.6 is 0 Å². The number of rotatable bonds is 5. The Morgan fingerprint density at radius 2 is 1.86 bits per heavy atom. The lowest BCUT2D eigenvalue weighted by molar-refractivity contribution is 0.769. The standard InChI is InChI=1S/C13H21N/c1-3-4-5-12-6-8-13(9-7-12)11(2)10-14/h6-9,11H,3-5,10,14H2,1-2H3/t11-/m1/s1. The van der Waals surface area contributed by atoms with Crippen LogP contribution < -0.4 is 5.73 Å². The van der Waals surface area contributed by atoms with Gasteiger partial charge in [-0.3, -0.25) is 0 Å². The van der Waals surface area contributed by atoms with Crippen LogP contribution in [0.3, 0.4) is 0 Å². The first kappa shape index (κ1) is 11.3. The largest absolute Gasteiger partial charge is 0.330 e. The summed E-state index contributed by atoms with van der Waals surface area (Å²) in [5.74, 6) is 0.482. The average Bonchev–Trinajstić information content (AvgIpc) is 2.26. The molecule has 0 bridgehead atoms. The highest BCUT2D eigenvalue weighted by molar-refractivity contribution is 5.25. The van der Waals surface area contributed by atoms with Crippen LogP contribution in [-0.2, 0) is 6.42 Å². The maximum atomic E-state index is 5.62. The zero-order valence-electron chi connectivity index (χ0n) is 9.29. The van der Waals surface area contributed by atoms with Gasteiger partial charge >= 0.3 is 0 Å². The van der Waals surface area contributed by atoms with Gasteiger partial charge in [-0.05, 0) is 36.4 Å². The first-order valence-corrected chi connectivity index (χ1v) is 5.56. The number of hydrogen-bond acceptors (Lipinski definition) is 1. The smallest absolute Gasteiger partial charge is 0.00109 e. The zero-order chi connectivity index (χ0) is 10.4. The minimum absolute atomic E-state index is 0.482. The molecule has 2 N–H and O–H groups in total. The Kier molecular flexibility index (Phi) is 4.68. The number of aryl methyl sites for hydroxylation is 1. The highest BCUT2D eigenvalue weighted by Crippen LogP contribution is 2.15. The van der Waals surface area contributed by atoms with Crippen LogP contribution in [0.15, 0.2) is 24.3 Å². The summed E-state index contributed by atoms with van der Waals surface area (Å²) in [7, 11) is 0. The van der Waals surface area contributed by atoms with Crippen molar-refractivity contribution in [1.82, 2.24) is 0 Å². The van der Waals surface area contributed by atoms with Crippen molar-refractivity contribution in [3.8, 4) is 0 Å². The molecule has 1 heteroatoms. The van der Waals surface area contributed by atoms with Crippen LogP contribution in [0.2, 0.25) is 0 Å². The van der Waals surface area contributed by atoms with Crippen LogP contribution in [0.25, 0.3) is 0 Å². The summed E-state index contributed by atoms with van der Waals surface area (Å²) in [6.45, 7) is 5.13. The molecule has 0 unspecified atom stereocenters. The van der Waals surface area contributed by atoms with E-state index < -0.39 is 0 Å². The summed E-state index contributed by atoms with van der Waals surface area (Å²) in [5, 5.41) is 0. The molecule has 0 aliphatic rings. The third-order valence-corrected chi connectivity index (χ3v) is 2.72. The Labute approximate surface area is 87.3 Å². The van der Waals surface area contributed by atoms with Crippen molar-refractivity contribution < 1.29 is 0 Å². The van der Waals surface area contributed by atoms with Crippen molar-refractivity contribution >= 4 is 0 Å². The van der Waals surface area contributed by atoms with Gasteiger partial charge < -0.3 is 5.73 Å². The Morgan fingerprint density at radius 1 is 1.21 bits per heavy atom. The van der Waals surface area contributed by atoms with Gasteiger partial charge in [-0.25, -0.2) is 0 Å². The molecule has 0 fully saturated rings. The van der Waals surface area contributed by atoms with Gasteiger partial charge in [0.15, 0.2) is 0 Å². The monoisotopic (exact) mass is 191 g/mol. The van der Waals surface area contributed by atoms with E-state index in [0.29, 0.717) is 5.92 Å². The fraction of sp³-hybridized carbons (Fsp3) is 0.538. The van der Waals surface area contributed by atoms with E-state index in [0.717, 1.165) is 6.54 Å². The molecule has 1 rings (SSSR count). The van der Waals surface area contributed by atoms with Crippen molar-refractivity contribution in [2.45, 2.75) is 39.0 Å². The van der Waals surface area contributed by atoms with Crippen LogP contribution in [0, 0.1) is 0 Å². The lowest BCUT2D eigenvalue weighted by Crippen LogP contribution is -2.08. The SMILES string of the molecule is CCCCc1ccc([C@H](C)CN)cc1. The summed E-state index contributed by atoms with van der Waals surface area (Å²) >= 11 is 0. The number of nitrogens with two attached hydrogens (primary N) is 1. The highest BCUT2D eigenvalue weighted by Gasteiger charge is 2.01. The van der Waals surface area contributed by atoms with Gasteiger partial charge in [0, 0.05) is 0 Å². The summed E-state index contributed by atoms with van der Waals surface area (Å²) in [6, 6.07) is 8.89. The molecule has 14 heavy (non-hydrogen) atoms. The van der Waals surface area contributed by atoms with Gasteiger partial charge in [0.2, 0.25) is 0 Å². The molecule has 0 saturated carbocycles. The van der Waals surface area contributed by atoms with E-state index in [1.165, 1.54) is 30.4 Å². The normalized spacial score (nSPS) is 12.8. The van der Waals surface area contributed by atoms with Crippen molar-refractivity contribution in [1.29, 1.82) is 0 Å². The van der Waals surface area contributed by atoms with E-state index >= 15 is 0 Å². The maximum absolute atomic E-state index is 5.62. The predicted molar refractivity (Wildman–Crippen MR) is 62.5 cm³/mol. The van der Waals surface area contributed by atoms with Crippen LogP contribution in [0.4, 0.5) is 0 Å². The summed E-state index contributed by atoms with van der Waals surface area (Å²) in [6.07, 6.45) is 3.75. The van der Waals surface area contributed by atoms with E-state index in [4.69, 9.17) is 5.73 Å². The highest BCUT2D eigenvalue weighted by atomic mass is 14.5. The second kappa shape index (κ2) is 5.82. The molecule has 78 valence electrons. The van der Waals surface area contributed by atoms with E-state index in [9.17, 15) is 0 Å². The minimum Gasteiger partial charge on any atom is -0.330 e. The van der Waals surface area contributed by atoms with Crippen LogP contribution in [0.1, 0.15) is 43.7 Å². The Hall–Kier alpha value is -0.820. The molecule has 0 amide bonds. The van der Waals surface area contributed by atoms with Gasteiger partial charge in [-0.2, -0.15) is 0 Å². The van der Waals surface area contributed by atoms with Crippen molar-refractivity contribution in [3.05, 3.63) is 35.4 Å². The number of benzene rings is 1. The quantitative estimate of drug-likeness (QED) is 0.760. The van der Waals surface area contributed by atoms with E-state index in [1.54, 1.807) is 0 Å². The molecule has 1 nitrogen and oxygen atoms in total. The molecule has 1 aromatic rings. The van der Waals surface area contributed by atoms with Gasteiger partial charge in [-0.15, -0.1) is 0 Å². The maximum Gasteiger partial charge on any atom is -0.00109 e. The topological polar surface area (TPSA) is 26.0 Å². The Morgan fingerprint density at radius 3 is 2.36 bits per heavy atom. The average molecular weight is 191 g/mol. The fourth-order valence-electron chi connectivity index (χ4n) is 1.53. The fourth-order valence-corrected chi connectivity index (χ4v) is 1.53. The Bertz CT molecular complexity index is 250. The minimum atomic E-state index is 0.482. The molecule has 0 heterocycles. The molecule has 0 aliphatic carbocycles. The van der Waals surface area contributed by atoms with Crippen molar-refractivity contribution in [2.24, 2.45) is 5.73 Å². The lowest BCUT2D eigenvalue weighted by atomic mass is 9.99. The van der Waals surface area contributed by atoms with Crippen LogP contribution in [0.5, 0.6) is 0 Å². The Balaban J connectivity index is 2.59. The second-order valence-corrected chi connectivity index (χ2v) is 3.98. The number of unbranched alkanes of at least 4 members (excludes halogenated alkanes) is 1. The van der Waals surface area contributed by atoms with E-state index in [1.807, 2.05) is 0 Å². The van der Waals surface area contributed by atoms with Gasteiger partial charge in [-0.1, -0.05) is 44.5 Å². The molecular formula is C13H21N. The molecule has 0 radical (unpaired) electrons. The molecule has 0 saturated heterocycles. The summed E-state index contributed by atoms with van der Waals surface area (Å²) < 4.78 is 0. The number of hydrogen-bond donors (Lipinski definition) is 1. The third kappa shape index (κ3) is 3.15. The molecule has 1 aromatic carbocycles. The molecule has 0 spiro atoms. The molecular weight excluding hydrogens is 170 g/mol. The van der Waals surface area contributed by atoms with Gasteiger partial charge in [0.25, 0.3) is 0 Å². The zero-order valence-corrected chi connectivity index (χ0v) is 9.29. The molecule has 0 aliphatic heterocycles. The lowest BCUT2D eigenvalue weighted by Gasteiger charge is -2.09. The first-order valence-electron chi connectivity index (χ1n) is 5.56. The van der Waals surface area contributed by atoms with Crippen molar-refractivity contribution in [2.75, 3.05) is 6.54 Å². The first-order chi connectivity index (χ1) is 6.77. The van der Waals surface area contributed by atoms with E-state index in [-0.39, 0.29) is 0 Å². The van der Waals surface area contributed by atoms with Crippen LogP contribution in [-0.4, -0.2) is 6.54 Å². The molecule has 1 atom stereocenters. The second-order valence-electron chi connectivity index (χ2n) is 3.98. The van der Waals surface area contributed by atoms with Crippen molar-refractivity contribution in [3.63, 3.8) is 0 Å².